The van der Waals surface area contributed by atoms with Gasteiger partial charge in [0.1, 0.15) is 18.1 Å². The number of hydrogen-bond donors (Lipinski definition) is 2. The maximum absolute atomic E-state index is 11.2. The van der Waals surface area contributed by atoms with Crippen molar-refractivity contribution in [3.8, 4) is 5.75 Å². The summed E-state index contributed by atoms with van der Waals surface area (Å²) in [5.74, 6) is 0.355. The number of amides is 1. The molecule has 2 aromatic rings. The maximum Gasteiger partial charge on any atom is 0.265 e. The van der Waals surface area contributed by atoms with E-state index in [-0.39, 0.29) is 0 Å². The molecule has 0 atom stereocenters. The van der Waals surface area contributed by atoms with E-state index in [1.807, 2.05) is 18.2 Å². The second kappa shape index (κ2) is 6.37. The van der Waals surface area contributed by atoms with Gasteiger partial charge in [0.2, 0.25) is 0 Å². The summed E-state index contributed by atoms with van der Waals surface area (Å²) >= 11 is 0. The molecule has 1 aliphatic rings. The summed E-state index contributed by atoms with van der Waals surface area (Å²) in [5, 5.41) is 0.959. The fourth-order valence-corrected chi connectivity index (χ4v) is 2.69. The highest BCUT2D eigenvalue weighted by atomic mass is 16.5. The zero-order valence-electron chi connectivity index (χ0n) is 12.8. The lowest BCUT2D eigenvalue weighted by Crippen LogP contribution is -2.45. The molecule has 2 heterocycles. The first kappa shape index (κ1) is 14.9. The summed E-state index contributed by atoms with van der Waals surface area (Å²) in [4.78, 5) is 18.9. The van der Waals surface area contributed by atoms with Gasteiger partial charge in [0.05, 0.1) is 0 Å². The Bertz CT molecular complexity index is 659. The molecule has 6 heteroatoms. The second-order valence-electron chi connectivity index (χ2n) is 5.79. The molecular weight excluding hydrogens is 280 g/mol. The normalized spacial score (nSPS) is 17.0. The average Bonchev–Trinajstić information content (AvgIpc) is 2.93. The number of carbonyl (C=O) groups is 1. The number of carbonyl (C=O) groups excluding carboxylic acids is 1. The van der Waals surface area contributed by atoms with E-state index in [9.17, 15) is 4.79 Å². The highest BCUT2D eigenvalue weighted by Gasteiger charge is 2.13. The highest BCUT2D eigenvalue weighted by Crippen LogP contribution is 2.21. The first-order valence-corrected chi connectivity index (χ1v) is 7.58. The summed E-state index contributed by atoms with van der Waals surface area (Å²) in [5.41, 5.74) is 6.57. The van der Waals surface area contributed by atoms with Gasteiger partial charge in [-0.1, -0.05) is 0 Å². The van der Waals surface area contributed by atoms with Gasteiger partial charge in [-0.15, -0.1) is 0 Å². The fourth-order valence-electron chi connectivity index (χ4n) is 2.69. The molecule has 1 amide bonds. The number of aromatic nitrogens is 1. The van der Waals surface area contributed by atoms with E-state index in [0.717, 1.165) is 49.4 Å². The van der Waals surface area contributed by atoms with E-state index < -0.39 is 5.91 Å². The SMILES string of the molecule is CN1CCN(CCOc2ccc3cc(C(N)=O)[nH]c3c2)CC1. The standard InChI is InChI=1S/C16H22N4O2/c1-19-4-6-20(7-5-19)8-9-22-13-3-2-12-10-15(16(17)21)18-14(12)11-13/h2-3,10-11,18H,4-9H2,1H3,(H2,17,21). The number of rotatable bonds is 5. The van der Waals surface area contributed by atoms with Crippen LogP contribution in [0.3, 0.4) is 0 Å². The van der Waals surface area contributed by atoms with Crippen LogP contribution >= 0.6 is 0 Å². The van der Waals surface area contributed by atoms with Gasteiger partial charge in [0, 0.05) is 49.7 Å². The predicted molar refractivity (Wildman–Crippen MR) is 86.2 cm³/mol. The van der Waals surface area contributed by atoms with Crippen molar-refractivity contribution in [2.24, 2.45) is 5.73 Å². The molecule has 3 rings (SSSR count). The fraction of sp³-hybridized carbons (Fsp3) is 0.438. The van der Waals surface area contributed by atoms with E-state index in [1.165, 1.54) is 0 Å². The Morgan fingerprint density at radius 2 is 2.05 bits per heavy atom. The molecule has 1 aliphatic heterocycles. The van der Waals surface area contributed by atoms with Crippen molar-refractivity contribution in [2.45, 2.75) is 0 Å². The number of nitrogens with two attached hydrogens (primary N) is 1. The Hall–Kier alpha value is -2.05. The number of primary amides is 1. The van der Waals surface area contributed by atoms with Crippen molar-refractivity contribution >= 4 is 16.8 Å². The summed E-state index contributed by atoms with van der Waals surface area (Å²) in [6.07, 6.45) is 0. The Balaban J connectivity index is 1.56. The van der Waals surface area contributed by atoms with Gasteiger partial charge in [-0.3, -0.25) is 9.69 Å². The highest BCUT2D eigenvalue weighted by molar-refractivity contribution is 5.97. The lowest BCUT2D eigenvalue weighted by Gasteiger charge is -2.32. The molecule has 1 aromatic heterocycles. The largest absolute Gasteiger partial charge is 0.492 e. The van der Waals surface area contributed by atoms with Crippen molar-refractivity contribution in [1.82, 2.24) is 14.8 Å². The molecule has 0 aliphatic carbocycles. The van der Waals surface area contributed by atoms with Gasteiger partial charge in [-0.2, -0.15) is 0 Å². The molecule has 22 heavy (non-hydrogen) atoms. The van der Waals surface area contributed by atoms with Crippen LogP contribution in [0.15, 0.2) is 24.3 Å². The number of ether oxygens (including phenoxy) is 1. The zero-order valence-corrected chi connectivity index (χ0v) is 12.8. The topological polar surface area (TPSA) is 74.6 Å². The van der Waals surface area contributed by atoms with Crippen LogP contribution in [0.4, 0.5) is 0 Å². The van der Waals surface area contributed by atoms with Crippen molar-refractivity contribution < 1.29 is 9.53 Å². The molecule has 0 spiro atoms. The van der Waals surface area contributed by atoms with Crippen LogP contribution < -0.4 is 10.5 Å². The van der Waals surface area contributed by atoms with Crippen LogP contribution in [0.1, 0.15) is 10.5 Å². The van der Waals surface area contributed by atoms with Crippen LogP contribution in [0.25, 0.3) is 10.9 Å². The van der Waals surface area contributed by atoms with Gasteiger partial charge in [0.25, 0.3) is 5.91 Å². The third-order valence-electron chi connectivity index (χ3n) is 4.13. The Morgan fingerprint density at radius 3 is 2.77 bits per heavy atom. The number of nitrogens with one attached hydrogen (secondary N) is 1. The first-order valence-electron chi connectivity index (χ1n) is 7.58. The van der Waals surface area contributed by atoms with Crippen molar-refractivity contribution in [3.05, 3.63) is 30.0 Å². The minimum absolute atomic E-state index is 0.421. The van der Waals surface area contributed by atoms with Crippen LogP contribution in [-0.4, -0.2) is 67.1 Å². The van der Waals surface area contributed by atoms with Gasteiger partial charge in [0.15, 0.2) is 0 Å². The van der Waals surface area contributed by atoms with Crippen LogP contribution in [0, 0.1) is 0 Å². The van der Waals surface area contributed by atoms with E-state index in [4.69, 9.17) is 10.5 Å². The molecule has 118 valence electrons. The summed E-state index contributed by atoms with van der Waals surface area (Å²) in [6, 6.07) is 7.52. The van der Waals surface area contributed by atoms with Gasteiger partial charge in [-0.25, -0.2) is 0 Å². The first-order chi connectivity index (χ1) is 10.6. The number of H-pyrrole nitrogens is 1. The third kappa shape index (κ3) is 3.40. The molecule has 1 fully saturated rings. The third-order valence-corrected chi connectivity index (χ3v) is 4.13. The molecule has 3 N–H and O–H groups in total. The minimum Gasteiger partial charge on any atom is -0.492 e. The van der Waals surface area contributed by atoms with Gasteiger partial charge < -0.3 is 20.4 Å². The van der Waals surface area contributed by atoms with Crippen LogP contribution in [0.5, 0.6) is 5.75 Å². The quantitative estimate of drug-likeness (QED) is 0.860. The van der Waals surface area contributed by atoms with Gasteiger partial charge >= 0.3 is 0 Å². The minimum atomic E-state index is -0.450. The molecular formula is C16H22N4O2. The predicted octanol–water partition coefficient (Wildman–Crippen LogP) is 0.893. The number of hydrogen-bond acceptors (Lipinski definition) is 4. The van der Waals surface area contributed by atoms with Crippen molar-refractivity contribution in [2.75, 3.05) is 46.4 Å². The van der Waals surface area contributed by atoms with Crippen LogP contribution in [-0.2, 0) is 0 Å². The van der Waals surface area contributed by atoms with Crippen LogP contribution in [0.2, 0.25) is 0 Å². The lowest BCUT2D eigenvalue weighted by molar-refractivity contribution is 0.0996. The number of aromatic amines is 1. The molecule has 0 saturated carbocycles. The molecule has 6 nitrogen and oxygen atoms in total. The average molecular weight is 302 g/mol. The Kier molecular flexibility index (Phi) is 4.31. The number of nitrogens with zero attached hydrogens (tertiary/aromatic N) is 2. The van der Waals surface area contributed by atoms with E-state index in [0.29, 0.717) is 12.3 Å². The molecule has 0 radical (unpaired) electrons. The maximum atomic E-state index is 11.2. The molecule has 0 unspecified atom stereocenters. The number of fused-ring (bicyclic) bond motifs is 1. The lowest BCUT2D eigenvalue weighted by atomic mass is 10.2. The Morgan fingerprint density at radius 1 is 1.27 bits per heavy atom. The Labute approximate surface area is 129 Å². The summed E-state index contributed by atoms with van der Waals surface area (Å²) < 4.78 is 5.82. The number of benzene rings is 1. The van der Waals surface area contributed by atoms with Crippen molar-refractivity contribution in [1.29, 1.82) is 0 Å². The summed E-state index contributed by atoms with van der Waals surface area (Å²) in [7, 11) is 2.15. The molecule has 1 aromatic carbocycles. The molecule has 0 bridgehead atoms. The smallest absolute Gasteiger partial charge is 0.265 e. The summed E-state index contributed by atoms with van der Waals surface area (Å²) in [6.45, 7) is 6.02. The van der Waals surface area contributed by atoms with Crippen molar-refractivity contribution in [3.63, 3.8) is 0 Å². The van der Waals surface area contributed by atoms with Gasteiger partial charge in [-0.05, 0) is 25.2 Å². The van der Waals surface area contributed by atoms with E-state index >= 15 is 0 Å². The monoisotopic (exact) mass is 302 g/mol. The number of likely N-dealkylation sites (N-methyl/N-ethyl adjacent to an activating group) is 1. The van der Waals surface area contributed by atoms with E-state index in [2.05, 4.69) is 21.8 Å². The molecule has 1 saturated heterocycles. The zero-order chi connectivity index (χ0) is 15.5. The van der Waals surface area contributed by atoms with E-state index in [1.54, 1.807) is 6.07 Å². The second-order valence-corrected chi connectivity index (χ2v) is 5.79. The number of piperazine rings is 1.